The van der Waals surface area contributed by atoms with Gasteiger partial charge in [-0.25, -0.2) is 0 Å². The summed E-state index contributed by atoms with van der Waals surface area (Å²) < 4.78 is 6.44. The minimum Gasteiger partial charge on any atom is -0.455 e. The van der Waals surface area contributed by atoms with Crippen LogP contribution in [-0.2, 0) is 5.41 Å². The first-order chi connectivity index (χ1) is 31.2. The van der Waals surface area contributed by atoms with Gasteiger partial charge >= 0.3 is 0 Å². The molecule has 0 unspecified atom stereocenters. The van der Waals surface area contributed by atoms with Crippen molar-refractivity contribution in [2.75, 3.05) is 4.90 Å². The van der Waals surface area contributed by atoms with E-state index in [-0.39, 0.29) is 0 Å². The lowest BCUT2D eigenvalue weighted by atomic mass is 9.68. The molecule has 0 bridgehead atoms. The molecule has 1 heterocycles. The Bertz CT molecular complexity index is 3390. The van der Waals surface area contributed by atoms with Crippen molar-refractivity contribution in [1.29, 1.82) is 0 Å². The highest BCUT2D eigenvalue weighted by Gasteiger charge is 2.45. The number of hydrogen-bond acceptors (Lipinski definition) is 2. The van der Waals surface area contributed by atoms with Gasteiger partial charge in [0.2, 0.25) is 0 Å². The summed E-state index contributed by atoms with van der Waals surface area (Å²) in [5, 5.41) is 2.27. The predicted molar refractivity (Wildman–Crippen MR) is 262 cm³/mol. The average Bonchev–Trinajstić information content (AvgIpc) is 3.90. The van der Waals surface area contributed by atoms with Crippen LogP contribution in [0, 0.1) is 0 Å². The van der Waals surface area contributed by atoms with Gasteiger partial charge in [0.25, 0.3) is 0 Å². The van der Waals surface area contributed by atoms with Gasteiger partial charge in [0.15, 0.2) is 0 Å². The highest BCUT2D eigenvalue weighted by molar-refractivity contribution is 6.09. The Morgan fingerprint density at radius 1 is 0.302 bits per heavy atom. The second-order valence-electron chi connectivity index (χ2n) is 16.4. The monoisotopic (exact) mass is 803 g/mol. The zero-order valence-corrected chi connectivity index (χ0v) is 34.5. The molecule has 1 aromatic heterocycles. The topological polar surface area (TPSA) is 16.4 Å². The molecule has 63 heavy (non-hydrogen) atoms. The fourth-order valence-electron chi connectivity index (χ4n) is 10.1. The third kappa shape index (κ3) is 6.02. The van der Waals surface area contributed by atoms with Gasteiger partial charge in [-0.2, -0.15) is 0 Å². The SMILES string of the molecule is c1ccc(-c2cccc(N(c3ccc(-c4cccc(-c5cccc6c5oc5ccccc56)c4)cc3)c3ccc(C4(c5ccccc5)c5ccccc5-c5ccccc54)cc3)c2)cc1. The van der Waals surface area contributed by atoms with Gasteiger partial charge in [0.1, 0.15) is 11.2 Å². The molecule has 0 saturated heterocycles. The number of hydrogen-bond donors (Lipinski definition) is 0. The lowest BCUT2D eigenvalue weighted by Crippen LogP contribution is -2.28. The summed E-state index contributed by atoms with van der Waals surface area (Å²) in [5.74, 6) is 0. The highest BCUT2D eigenvalue weighted by Crippen LogP contribution is 2.56. The number of benzene rings is 10. The van der Waals surface area contributed by atoms with E-state index in [4.69, 9.17) is 4.42 Å². The van der Waals surface area contributed by atoms with Crippen molar-refractivity contribution in [3.63, 3.8) is 0 Å². The van der Waals surface area contributed by atoms with Crippen molar-refractivity contribution >= 4 is 39.0 Å². The Morgan fingerprint density at radius 2 is 0.794 bits per heavy atom. The third-order valence-corrected chi connectivity index (χ3v) is 13.0. The van der Waals surface area contributed by atoms with Crippen molar-refractivity contribution in [3.8, 4) is 44.5 Å². The van der Waals surface area contributed by atoms with E-state index in [0.29, 0.717) is 0 Å². The van der Waals surface area contributed by atoms with E-state index in [1.54, 1.807) is 0 Å². The quantitative estimate of drug-likeness (QED) is 0.152. The Labute approximate surface area is 367 Å². The second-order valence-corrected chi connectivity index (χ2v) is 16.4. The van der Waals surface area contributed by atoms with Crippen molar-refractivity contribution in [1.82, 2.24) is 0 Å². The summed E-state index contributed by atoms with van der Waals surface area (Å²) in [6, 6.07) is 90.1. The van der Waals surface area contributed by atoms with Gasteiger partial charge in [0.05, 0.1) is 5.41 Å². The molecular formula is C61H41NO. The molecule has 0 saturated carbocycles. The average molecular weight is 804 g/mol. The summed E-state index contributed by atoms with van der Waals surface area (Å²) in [5.41, 5.74) is 19.2. The fraction of sp³-hybridized carbons (Fsp3) is 0.0164. The van der Waals surface area contributed by atoms with Gasteiger partial charge in [0, 0.05) is 33.4 Å². The van der Waals surface area contributed by atoms with Gasteiger partial charge in [-0.15, -0.1) is 0 Å². The molecule has 10 aromatic carbocycles. The second kappa shape index (κ2) is 15.1. The van der Waals surface area contributed by atoms with Crippen molar-refractivity contribution < 1.29 is 4.42 Å². The number of furan rings is 1. The van der Waals surface area contributed by atoms with Crippen molar-refractivity contribution in [2.24, 2.45) is 0 Å². The minimum atomic E-state index is -0.461. The molecule has 0 amide bonds. The van der Waals surface area contributed by atoms with E-state index in [9.17, 15) is 0 Å². The number of anilines is 3. The van der Waals surface area contributed by atoms with E-state index >= 15 is 0 Å². The van der Waals surface area contributed by atoms with Crippen LogP contribution in [0.4, 0.5) is 17.1 Å². The minimum absolute atomic E-state index is 0.461. The Morgan fingerprint density at radius 3 is 1.52 bits per heavy atom. The van der Waals surface area contributed by atoms with Crippen LogP contribution in [0.15, 0.2) is 253 Å². The van der Waals surface area contributed by atoms with Crippen molar-refractivity contribution in [2.45, 2.75) is 5.41 Å². The molecule has 12 rings (SSSR count). The molecular weight excluding hydrogens is 763 g/mol. The molecule has 0 N–H and O–H groups in total. The molecule has 296 valence electrons. The lowest BCUT2D eigenvalue weighted by molar-refractivity contribution is 0.670. The molecule has 0 aliphatic heterocycles. The highest BCUT2D eigenvalue weighted by atomic mass is 16.3. The van der Waals surface area contributed by atoms with E-state index in [1.165, 1.54) is 44.5 Å². The first kappa shape index (κ1) is 36.6. The lowest BCUT2D eigenvalue weighted by Gasteiger charge is -2.34. The molecule has 0 fully saturated rings. The van der Waals surface area contributed by atoms with Gasteiger partial charge in [-0.1, -0.05) is 200 Å². The molecule has 1 aliphatic carbocycles. The molecule has 2 heteroatoms. The summed E-state index contributed by atoms with van der Waals surface area (Å²) in [6.45, 7) is 0. The summed E-state index contributed by atoms with van der Waals surface area (Å²) in [4.78, 5) is 2.38. The van der Waals surface area contributed by atoms with Gasteiger partial charge in [-0.05, 0) is 110 Å². The summed E-state index contributed by atoms with van der Waals surface area (Å²) in [6.07, 6.45) is 0. The summed E-state index contributed by atoms with van der Waals surface area (Å²) >= 11 is 0. The maximum absolute atomic E-state index is 6.44. The molecule has 0 atom stereocenters. The van der Waals surface area contributed by atoms with E-state index in [1.807, 2.05) is 12.1 Å². The fourth-order valence-corrected chi connectivity index (χ4v) is 10.1. The van der Waals surface area contributed by atoms with Crippen LogP contribution >= 0.6 is 0 Å². The predicted octanol–water partition coefficient (Wildman–Crippen LogP) is 16.4. The smallest absolute Gasteiger partial charge is 0.143 e. The standard InChI is InChI=1S/C61H41NO/c1-3-16-42(17-4-1)45-19-14-23-51(41-45)62(49-36-32-43(33-37-49)44-18-13-20-46(40-44)52-27-15-28-56-55-26-9-12-31-59(55)63-60(52)56)50-38-34-48(35-39-50)61(47-21-5-2-6-22-47)57-29-10-7-24-53(57)54-25-8-11-30-58(54)61/h1-41H. The molecule has 2 nitrogen and oxygen atoms in total. The van der Waals surface area contributed by atoms with Crippen molar-refractivity contribution in [3.05, 3.63) is 271 Å². The maximum atomic E-state index is 6.44. The van der Waals surface area contributed by atoms with Crippen LogP contribution in [-0.4, -0.2) is 0 Å². The van der Waals surface area contributed by atoms with Gasteiger partial charge < -0.3 is 9.32 Å². The Kier molecular flexibility index (Phi) is 8.76. The van der Waals surface area contributed by atoms with Crippen LogP contribution in [0.25, 0.3) is 66.4 Å². The maximum Gasteiger partial charge on any atom is 0.143 e. The summed E-state index contributed by atoms with van der Waals surface area (Å²) in [7, 11) is 0. The van der Waals surface area contributed by atoms with E-state index in [0.717, 1.165) is 61.3 Å². The molecule has 1 aliphatic rings. The van der Waals surface area contributed by atoms with Crippen LogP contribution in [0.2, 0.25) is 0 Å². The number of fused-ring (bicyclic) bond motifs is 6. The number of nitrogens with zero attached hydrogens (tertiary/aromatic N) is 1. The van der Waals surface area contributed by atoms with Crippen LogP contribution < -0.4 is 4.90 Å². The number of para-hydroxylation sites is 2. The zero-order chi connectivity index (χ0) is 41.7. The normalized spacial score (nSPS) is 12.6. The molecule has 0 radical (unpaired) electrons. The Balaban J connectivity index is 0.964. The van der Waals surface area contributed by atoms with Crippen LogP contribution in [0.3, 0.4) is 0 Å². The number of rotatable bonds is 8. The first-order valence-corrected chi connectivity index (χ1v) is 21.7. The molecule has 11 aromatic rings. The first-order valence-electron chi connectivity index (χ1n) is 21.7. The molecule has 0 spiro atoms. The van der Waals surface area contributed by atoms with Gasteiger partial charge in [-0.3, -0.25) is 0 Å². The van der Waals surface area contributed by atoms with E-state index < -0.39 is 5.41 Å². The zero-order valence-electron chi connectivity index (χ0n) is 34.5. The van der Waals surface area contributed by atoms with Crippen LogP contribution in [0.1, 0.15) is 22.3 Å². The Hall–Kier alpha value is -8.20. The largest absolute Gasteiger partial charge is 0.455 e. The van der Waals surface area contributed by atoms with E-state index in [2.05, 4.69) is 241 Å². The van der Waals surface area contributed by atoms with Crippen LogP contribution in [0.5, 0.6) is 0 Å². The third-order valence-electron chi connectivity index (χ3n) is 13.0.